The Bertz CT molecular complexity index is 1040. The second-order valence-corrected chi connectivity index (χ2v) is 9.37. The van der Waals surface area contributed by atoms with Crippen molar-refractivity contribution < 1.29 is 17.9 Å². The first-order valence-corrected chi connectivity index (χ1v) is 11.2. The molecule has 0 saturated heterocycles. The van der Waals surface area contributed by atoms with Crippen molar-refractivity contribution in [2.45, 2.75) is 17.2 Å². The zero-order valence-electron chi connectivity index (χ0n) is 16.0. The lowest BCUT2D eigenvalue weighted by Crippen LogP contribution is -2.31. The van der Waals surface area contributed by atoms with Gasteiger partial charge in [-0.15, -0.1) is 11.3 Å². The van der Waals surface area contributed by atoms with E-state index < -0.39 is 10.0 Å². The Morgan fingerprint density at radius 3 is 2.55 bits per heavy atom. The molecule has 0 bridgehead atoms. The maximum Gasteiger partial charge on any atom is 0.273 e. The van der Waals surface area contributed by atoms with Crippen LogP contribution in [-0.2, 0) is 14.8 Å². The highest BCUT2D eigenvalue weighted by molar-refractivity contribution is 7.94. The van der Waals surface area contributed by atoms with Gasteiger partial charge in [0.25, 0.3) is 15.9 Å². The summed E-state index contributed by atoms with van der Waals surface area (Å²) in [5.74, 6) is 0.195. The zero-order valence-corrected chi connectivity index (χ0v) is 17.6. The maximum absolute atomic E-state index is 12.6. The second kappa shape index (κ2) is 9.06. The Kier molecular flexibility index (Phi) is 6.50. The predicted octanol–water partition coefficient (Wildman–Crippen LogP) is 3.22. The molecular weight excluding hydrogens is 410 g/mol. The van der Waals surface area contributed by atoms with Gasteiger partial charge in [0.05, 0.1) is 17.4 Å². The van der Waals surface area contributed by atoms with Crippen molar-refractivity contribution in [1.29, 1.82) is 0 Å². The van der Waals surface area contributed by atoms with E-state index in [9.17, 15) is 13.2 Å². The highest BCUT2D eigenvalue weighted by Gasteiger charge is 2.22. The molecule has 2 heterocycles. The van der Waals surface area contributed by atoms with Gasteiger partial charge in [-0.1, -0.05) is 12.1 Å². The van der Waals surface area contributed by atoms with E-state index in [0.717, 1.165) is 5.69 Å². The molecular formula is C20H21N3O4S2. The molecule has 29 heavy (non-hydrogen) atoms. The van der Waals surface area contributed by atoms with E-state index in [1.807, 2.05) is 25.1 Å². The lowest BCUT2D eigenvalue weighted by Gasteiger charge is -2.19. The molecule has 0 aliphatic carbocycles. The quantitative estimate of drug-likeness (QED) is 0.592. The fourth-order valence-corrected chi connectivity index (χ4v) is 4.93. The van der Waals surface area contributed by atoms with Gasteiger partial charge in [0, 0.05) is 13.2 Å². The minimum atomic E-state index is -3.59. The van der Waals surface area contributed by atoms with E-state index in [-0.39, 0.29) is 22.8 Å². The zero-order chi connectivity index (χ0) is 20.9. The van der Waals surface area contributed by atoms with Crippen LogP contribution in [0.1, 0.15) is 18.7 Å². The van der Waals surface area contributed by atoms with Crippen LogP contribution in [0, 0.1) is 0 Å². The molecule has 1 aromatic carbocycles. The van der Waals surface area contributed by atoms with Crippen LogP contribution in [0.5, 0.6) is 5.75 Å². The number of pyridine rings is 1. The third-order valence-electron chi connectivity index (χ3n) is 4.19. The Labute approximate surface area is 174 Å². The standard InChI is InChI=1S/C20H21N3O4S2/c1-15(18-6-3-4-12-21-18)22-19(24)14-27-17-10-8-16(9-11-17)23(2)29(25,26)20-7-5-13-28-20/h3-13,15H,14H2,1-2H3,(H,22,24)/t15-/m1/s1. The molecule has 9 heteroatoms. The Morgan fingerprint density at radius 1 is 1.17 bits per heavy atom. The molecule has 0 aliphatic rings. The highest BCUT2D eigenvalue weighted by Crippen LogP contribution is 2.26. The second-order valence-electron chi connectivity index (χ2n) is 6.23. The summed E-state index contributed by atoms with van der Waals surface area (Å²) in [4.78, 5) is 16.3. The van der Waals surface area contributed by atoms with Crippen LogP contribution in [0.15, 0.2) is 70.4 Å². The van der Waals surface area contributed by atoms with Crippen molar-refractivity contribution in [1.82, 2.24) is 10.3 Å². The van der Waals surface area contributed by atoms with E-state index in [1.165, 1.54) is 22.7 Å². The summed E-state index contributed by atoms with van der Waals surface area (Å²) in [7, 11) is -2.09. The molecule has 7 nitrogen and oxygen atoms in total. The van der Waals surface area contributed by atoms with Crippen molar-refractivity contribution in [3.05, 3.63) is 71.9 Å². The first-order chi connectivity index (χ1) is 13.9. The van der Waals surface area contributed by atoms with E-state index in [1.54, 1.807) is 48.0 Å². The number of carbonyl (C=O) groups excluding carboxylic acids is 1. The number of aromatic nitrogens is 1. The van der Waals surface area contributed by atoms with Gasteiger partial charge in [0.15, 0.2) is 6.61 Å². The molecule has 0 aliphatic heterocycles. The van der Waals surface area contributed by atoms with Gasteiger partial charge in [0.2, 0.25) is 0 Å². The Hall–Kier alpha value is -2.91. The van der Waals surface area contributed by atoms with Crippen LogP contribution in [-0.4, -0.2) is 33.0 Å². The third-order valence-corrected chi connectivity index (χ3v) is 7.35. The molecule has 2 aromatic heterocycles. The molecule has 3 aromatic rings. The largest absolute Gasteiger partial charge is 0.484 e. The third kappa shape index (κ3) is 5.12. The first-order valence-electron chi connectivity index (χ1n) is 8.83. The summed E-state index contributed by atoms with van der Waals surface area (Å²) in [6, 6.07) is 15.1. The van der Waals surface area contributed by atoms with E-state index >= 15 is 0 Å². The summed E-state index contributed by atoms with van der Waals surface area (Å²) in [6.07, 6.45) is 1.67. The molecule has 152 valence electrons. The van der Waals surface area contributed by atoms with E-state index in [4.69, 9.17) is 4.74 Å². The summed E-state index contributed by atoms with van der Waals surface area (Å²) in [5.41, 5.74) is 1.26. The van der Waals surface area contributed by atoms with Gasteiger partial charge in [-0.05, 0) is 54.8 Å². The van der Waals surface area contributed by atoms with Gasteiger partial charge >= 0.3 is 0 Å². The molecule has 0 radical (unpaired) electrons. The number of sulfonamides is 1. The van der Waals surface area contributed by atoms with Crippen molar-refractivity contribution in [2.24, 2.45) is 0 Å². The fraction of sp³-hybridized carbons (Fsp3) is 0.200. The van der Waals surface area contributed by atoms with Crippen molar-refractivity contribution >= 4 is 33.0 Å². The predicted molar refractivity (Wildman–Crippen MR) is 113 cm³/mol. The Morgan fingerprint density at radius 2 is 1.93 bits per heavy atom. The number of rotatable bonds is 8. The average Bonchev–Trinajstić information content (AvgIpc) is 3.28. The lowest BCUT2D eigenvalue weighted by molar-refractivity contribution is -0.123. The molecule has 0 fully saturated rings. The normalized spacial score (nSPS) is 12.2. The molecule has 3 rings (SSSR count). The number of benzene rings is 1. The van der Waals surface area contributed by atoms with Gasteiger partial charge in [0.1, 0.15) is 9.96 Å². The van der Waals surface area contributed by atoms with Crippen LogP contribution in [0.2, 0.25) is 0 Å². The SMILES string of the molecule is C[C@@H](NC(=O)COc1ccc(N(C)S(=O)(=O)c2cccs2)cc1)c1ccccn1. The molecule has 1 atom stereocenters. The van der Waals surface area contributed by atoms with Crippen LogP contribution < -0.4 is 14.4 Å². The highest BCUT2D eigenvalue weighted by atomic mass is 32.2. The fourth-order valence-electron chi connectivity index (χ4n) is 2.57. The first kappa shape index (κ1) is 20.8. The number of hydrogen-bond donors (Lipinski definition) is 1. The van der Waals surface area contributed by atoms with Crippen LogP contribution in [0.25, 0.3) is 0 Å². The Balaban J connectivity index is 1.56. The number of carbonyl (C=O) groups is 1. The van der Waals surface area contributed by atoms with Gasteiger partial charge in [-0.25, -0.2) is 8.42 Å². The number of ether oxygens (including phenoxy) is 1. The van der Waals surface area contributed by atoms with Crippen molar-refractivity contribution in [2.75, 3.05) is 18.0 Å². The van der Waals surface area contributed by atoms with Crippen LogP contribution in [0.3, 0.4) is 0 Å². The summed E-state index contributed by atoms with van der Waals surface area (Å²) < 4.78 is 32.1. The molecule has 0 unspecified atom stereocenters. The smallest absolute Gasteiger partial charge is 0.273 e. The summed E-state index contributed by atoms with van der Waals surface area (Å²) in [6.45, 7) is 1.69. The summed E-state index contributed by atoms with van der Waals surface area (Å²) >= 11 is 1.17. The number of nitrogens with zero attached hydrogens (tertiary/aromatic N) is 2. The summed E-state index contributed by atoms with van der Waals surface area (Å²) in [5, 5.41) is 4.54. The maximum atomic E-state index is 12.6. The van der Waals surface area contributed by atoms with Gasteiger partial charge in [-0.2, -0.15) is 0 Å². The molecule has 0 saturated carbocycles. The monoisotopic (exact) mass is 431 g/mol. The molecule has 1 amide bonds. The van der Waals surface area contributed by atoms with Crippen LogP contribution in [0.4, 0.5) is 5.69 Å². The number of anilines is 1. The van der Waals surface area contributed by atoms with E-state index in [0.29, 0.717) is 11.4 Å². The average molecular weight is 432 g/mol. The number of nitrogens with one attached hydrogen (secondary N) is 1. The number of amides is 1. The van der Waals surface area contributed by atoms with Crippen molar-refractivity contribution in [3.63, 3.8) is 0 Å². The van der Waals surface area contributed by atoms with Crippen LogP contribution >= 0.6 is 11.3 Å². The van der Waals surface area contributed by atoms with Gasteiger partial charge in [-0.3, -0.25) is 14.1 Å². The lowest BCUT2D eigenvalue weighted by atomic mass is 10.2. The van der Waals surface area contributed by atoms with E-state index in [2.05, 4.69) is 10.3 Å². The topological polar surface area (TPSA) is 88.6 Å². The van der Waals surface area contributed by atoms with Crippen molar-refractivity contribution in [3.8, 4) is 5.75 Å². The molecule has 1 N–H and O–H groups in total. The minimum absolute atomic E-state index is 0.153. The number of hydrogen-bond acceptors (Lipinski definition) is 6. The minimum Gasteiger partial charge on any atom is -0.484 e. The molecule has 0 spiro atoms. The van der Waals surface area contributed by atoms with Gasteiger partial charge < -0.3 is 10.1 Å². The number of thiophene rings is 1.